The van der Waals surface area contributed by atoms with Crippen molar-refractivity contribution in [3.63, 3.8) is 0 Å². The number of nitrogens with zero attached hydrogens (tertiary/aromatic N) is 2. The molecule has 0 fully saturated rings. The Morgan fingerprint density at radius 2 is 2.21 bits per heavy atom. The summed E-state index contributed by atoms with van der Waals surface area (Å²) in [6.07, 6.45) is 3.16. The monoisotopic (exact) mass is 272 g/mol. The number of nitrogen functional groups attached to an aromatic ring is 1. The van der Waals surface area contributed by atoms with Crippen LogP contribution in [0.4, 0.5) is 5.69 Å². The van der Waals surface area contributed by atoms with Crippen LogP contribution in [0, 0.1) is 0 Å². The normalized spacial score (nSPS) is 10.4. The minimum atomic E-state index is 0.393. The van der Waals surface area contributed by atoms with Crippen LogP contribution in [0.5, 0.6) is 0 Å². The zero-order valence-corrected chi connectivity index (χ0v) is 9.30. The fraction of sp³-hybridized carbons (Fsp3) is 0. The van der Waals surface area contributed by atoms with Gasteiger partial charge in [-0.1, -0.05) is 11.6 Å². The summed E-state index contributed by atoms with van der Waals surface area (Å²) >= 11 is 9.23. The predicted octanol–water partition coefficient (Wildman–Crippen LogP) is 2.47. The smallest absolute Gasteiger partial charge is 0.138 e. The summed E-state index contributed by atoms with van der Waals surface area (Å²) in [4.78, 5) is 3.99. The van der Waals surface area contributed by atoms with E-state index >= 15 is 0 Å². The standard InChI is InChI=1S/C8H6BrClN4/c9-4-1-5(8(10)12-2-4)7-6(11)3-13-14-7/h1-3H,11H2,(H,13,14). The largest absolute Gasteiger partial charge is 0.396 e. The van der Waals surface area contributed by atoms with E-state index in [4.69, 9.17) is 17.3 Å². The Hall–Kier alpha value is -1.07. The average molecular weight is 274 g/mol. The molecule has 2 rings (SSSR count). The Morgan fingerprint density at radius 1 is 1.43 bits per heavy atom. The van der Waals surface area contributed by atoms with E-state index in [0.717, 1.165) is 10.0 Å². The van der Waals surface area contributed by atoms with Crippen LogP contribution in [0.1, 0.15) is 0 Å². The number of rotatable bonds is 1. The van der Waals surface area contributed by atoms with Crippen LogP contribution in [-0.4, -0.2) is 15.2 Å². The van der Waals surface area contributed by atoms with E-state index < -0.39 is 0 Å². The highest BCUT2D eigenvalue weighted by Crippen LogP contribution is 2.30. The summed E-state index contributed by atoms with van der Waals surface area (Å²) in [6.45, 7) is 0. The Kier molecular flexibility index (Phi) is 2.43. The highest BCUT2D eigenvalue weighted by atomic mass is 79.9. The van der Waals surface area contributed by atoms with Gasteiger partial charge >= 0.3 is 0 Å². The first kappa shape index (κ1) is 9.48. The molecular weight excluding hydrogens is 267 g/mol. The van der Waals surface area contributed by atoms with E-state index in [-0.39, 0.29) is 0 Å². The number of hydrogen-bond donors (Lipinski definition) is 2. The third-order valence-electron chi connectivity index (χ3n) is 1.74. The summed E-state index contributed by atoms with van der Waals surface area (Å²) in [7, 11) is 0. The van der Waals surface area contributed by atoms with E-state index in [1.807, 2.05) is 6.07 Å². The lowest BCUT2D eigenvalue weighted by atomic mass is 10.2. The second-order valence-electron chi connectivity index (χ2n) is 2.69. The molecule has 0 aliphatic carbocycles. The SMILES string of the molecule is Nc1cn[nH]c1-c1cc(Br)cnc1Cl. The molecule has 2 aromatic rings. The average Bonchev–Trinajstić information content (AvgIpc) is 2.56. The highest BCUT2D eigenvalue weighted by Gasteiger charge is 2.10. The van der Waals surface area contributed by atoms with Gasteiger partial charge in [0.2, 0.25) is 0 Å². The van der Waals surface area contributed by atoms with E-state index in [1.165, 1.54) is 6.20 Å². The zero-order chi connectivity index (χ0) is 10.1. The maximum absolute atomic E-state index is 5.92. The van der Waals surface area contributed by atoms with Crippen molar-refractivity contribution in [1.29, 1.82) is 0 Å². The second-order valence-corrected chi connectivity index (χ2v) is 3.97. The number of pyridine rings is 1. The van der Waals surface area contributed by atoms with E-state index in [2.05, 4.69) is 31.1 Å². The number of halogens is 2. The summed E-state index contributed by atoms with van der Waals surface area (Å²) in [5.74, 6) is 0. The molecule has 0 spiro atoms. The number of H-pyrrole nitrogens is 1. The van der Waals surface area contributed by atoms with Gasteiger partial charge in [0.05, 0.1) is 17.6 Å². The third kappa shape index (κ3) is 1.60. The van der Waals surface area contributed by atoms with Crippen molar-refractivity contribution in [3.05, 3.63) is 28.1 Å². The van der Waals surface area contributed by atoms with Crippen LogP contribution in [0.2, 0.25) is 5.15 Å². The Morgan fingerprint density at radius 3 is 2.86 bits per heavy atom. The Bertz CT molecular complexity index is 468. The molecule has 6 heteroatoms. The van der Waals surface area contributed by atoms with E-state index in [1.54, 1.807) is 6.20 Å². The molecular formula is C8H6BrClN4. The lowest BCUT2D eigenvalue weighted by molar-refractivity contribution is 1.09. The number of nitrogens with one attached hydrogen (secondary N) is 1. The van der Waals surface area contributed by atoms with Crippen LogP contribution in [-0.2, 0) is 0 Å². The molecule has 0 aromatic carbocycles. The third-order valence-corrected chi connectivity index (χ3v) is 2.48. The topological polar surface area (TPSA) is 67.6 Å². The van der Waals surface area contributed by atoms with Gasteiger partial charge in [0.15, 0.2) is 0 Å². The van der Waals surface area contributed by atoms with Gasteiger partial charge in [-0.3, -0.25) is 5.10 Å². The summed E-state index contributed by atoms with van der Waals surface area (Å²) in [5.41, 5.74) is 7.66. The van der Waals surface area contributed by atoms with Crippen LogP contribution in [0.3, 0.4) is 0 Å². The van der Waals surface area contributed by atoms with Gasteiger partial charge in [0.1, 0.15) is 5.15 Å². The molecule has 0 aliphatic rings. The number of aromatic nitrogens is 3. The molecule has 4 nitrogen and oxygen atoms in total. The minimum Gasteiger partial charge on any atom is -0.396 e. The fourth-order valence-electron chi connectivity index (χ4n) is 1.11. The molecule has 2 heterocycles. The Labute approximate surface area is 93.6 Å². The first-order chi connectivity index (χ1) is 6.68. The number of aromatic amines is 1. The van der Waals surface area contributed by atoms with Crippen LogP contribution in [0.15, 0.2) is 22.9 Å². The highest BCUT2D eigenvalue weighted by molar-refractivity contribution is 9.10. The maximum Gasteiger partial charge on any atom is 0.138 e. The van der Waals surface area contributed by atoms with Crippen molar-refractivity contribution >= 4 is 33.2 Å². The van der Waals surface area contributed by atoms with Gasteiger partial charge in [-0.2, -0.15) is 5.10 Å². The molecule has 0 unspecified atom stereocenters. The van der Waals surface area contributed by atoms with Crippen molar-refractivity contribution < 1.29 is 0 Å². The molecule has 0 radical (unpaired) electrons. The molecule has 0 saturated carbocycles. The predicted molar refractivity (Wildman–Crippen MR) is 58.9 cm³/mol. The number of hydrogen-bond acceptors (Lipinski definition) is 3. The van der Waals surface area contributed by atoms with Crippen LogP contribution in [0.25, 0.3) is 11.3 Å². The summed E-state index contributed by atoms with van der Waals surface area (Å²) < 4.78 is 0.839. The lowest BCUT2D eigenvalue weighted by Crippen LogP contribution is -1.89. The van der Waals surface area contributed by atoms with Gasteiger partial charge < -0.3 is 5.73 Å². The maximum atomic E-state index is 5.92. The van der Waals surface area contributed by atoms with Gasteiger partial charge in [-0.05, 0) is 22.0 Å². The van der Waals surface area contributed by atoms with Crippen molar-refractivity contribution in [3.8, 4) is 11.3 Å². The molecule has 0 amide bonds. The van der Waals surface area contributed by atoms with Gasteiger partial charge in [0, 0.05) is 16.2 Å². The molecule has 0 atom stereocenters. The first-order valence-electron chi connectivity index (χ1n) is 3.78. The zero-order valence-electron chi connectivity index (χ0n) is 6.96. The van der Waals surface area contributed by atoms with Gasteiger partial charge in [-0.25, -0.2) is 4.98 Å². The molecule has 3 N–H and O–H groups in total. The van der Waals surface area contributed by atoms with Gasteiger partial charge in [-0.15, -0.1) is 0 Å². The fourth-order valence-corrected chi connectivity index (χ4v) is 1.64. The van der Waals surface area contributed by atoms with Crippen molar-refractivity contribution in [1.82, 2.24) is 15.2 Å². The second kappa shape index (κ2) is 3.59. The molecule has 72 valence electrons. The molecule has 2 aromatic heterocycles. The van der Waals surface area contributed by atoms with Gasteiger partial charge in [0.25, 0.3) is 0 Å². The van der Waals surface area contributed by atoms with Crippen molar-refractivity contribution in [2.75, 3.05) is 5.73 Å². The van der Waals surface area contributed by atoms with E-state index in [9.17, 15) is 0 Å². The molecule has 0 bridgehead atoms. The van der Waals surface area contributed by atoms with Crippen LogP contribution < -0.4 is 5.73 Å². The lowest BCUT2D eigenvalue weighted by Gasteiger charge is -2.02. The molecule has 0 aliphatic heterocycles. The number of anilines is 1. The first-order valence-corrected chi connectivity index (χ1v) is 4.96. The van der Waals surface area contributed by atoms with Crippen molar-refractivity contribution in [2.24, 2.45) is 0 Å². The molecule has 0 saturated heterocycles. The molecule has 14 heavy (non-hydrogen) atoms. The minimum absolute atomic E-state index is 0.393. The Balaban J connectivity index is 2.62. The van der Waals surface area contributed by atoms with E-state index in [0.29, 0.717) is 16.5 Å². The summed E-state index contributed by atoms with van der Waals surface area (Å²) in [6, 6.07) is 1.83. The summed E-state index contributed by atoms with van der Waals surface area (Å²) in [5, 5.41) is 6.98. The van der Waals surface area contributed by atoms with Crippen LogP contribution >= 0.6 is 27.5 Å². The quantitative estimate of drug-likeness (QED) is 0.784. The number of nitrogens with two attached hydrogens (primary N) is 1. The van der Waals surface area contributed by atoms with Crippen molar-refractivity contribution in [2.45, 2.75) is 0 Å².